The van der Waals surface area contributed by atoms with Crippen LogP contribution >= 0.6 is 0 Å². The van der Waals surface area contributed by atoms with Crippen molar-refractivity contribution in [2.24, 2.45) is 11.8 Å². The Morgan fingerprint density at radius 3 is 2.85 bits per heavy atom. The minimum atomic E-state index is -0.686. The van der Waals surface area contributed by atoms with Crippen molar-refractivity contribution in [3.8, 4) is 0 Å². The number of aliphatic carboxylic acids is 1. The summed E-state index contributed by atoms with van der Waals surface area (Å²) in [5.74, 6) is 0.452. The van der Waals surface area contributed by atoms with E-state index in [0.29, 0.717) is 5.92 Å². The molecule has 0 radical (unpaired) electrons. The Hall–Kier alpha value is -1.84. The maximum atomic E-state index is 11.5. The molecule has 1 fully saturated rings. The average Bonchev–Trinajstić information content (AvgIpc) is 2.98. The van der Waals surface area contributed by atoms with Gasteiger partial charge in [0.05, 0.1) is 17.0 Å². The van der Waals surface area contributed by atoms with Crippen LogP contribution in [0.1, 0.15) is 38.4 Å². The molecule has 0 aliphatic heterocycles. The van der Waals surface area contributed by atoms with Crippen LogP contribution in [-0.4, -0.2) is 20.6 Å². The largest absolute Gasteiger partial charge is 0.481 e. The lowest BCUT2D eigenvalue weighted by Gasteiger charge is -2.16. The summed E-state index contributed by atoms with van der Waals surface area (Å²) in [6, 6.07) is 8.04. The molecule has 1 N–H and O–H groups in total. The Labute approximate surface area is 118 Å². The van der Waals surface area contributed by atoms with Crippen molar-refractivity contribution in [2.75, 3.05) is 0 Å². The van der Waals surface area contributed by atoms with Crippen molar-refractivity contribution < 1.29 is 9.90 Å². The molecule has 1 aliphatic carbocycles. The van der Waals surface area contributed by atoms with Crippen molar-refractivity contribution in [1.82, 2.24) is 9.55 Å². The number of carbonyl (C=O) groups is 1. The summed E-state index contributed by atoms with van der Waals surface area (Å²) in [5, 5.41) is 9.46. The maximum absolute atomic E-state index is 11.5. The Balaban J connectivity index is 2.11. The highest BCUT2D eigenvalue weighted by Crippen LogP contribution is 2.43. The van der Waals surface area contributed by atoms with E-state index in [-0.39, 0.29) is 11.8 Å². The zero-order valence-electron chi connectivity index (χ0n) is 11.9. The van der Waals surface area contributed by atoms with Gasteiger partial charge in [-0.05, 0) is 37.8 Å². The summed E-state index contributed by atoms with van der Waals surface area (Å²) in [5.41, 5.74) is 2.07. The predicted octanol–water partition coefficient (Wildman–Crippen LogP) is 3.27. The highest BCUT2D eigenvalue weighted by Gasteiger charge is 2.40. The number of imidazole rings is 1. The van der Waals surface area contributed by atoms with Crippen LogP contribution in [0.5, 0.6) is 0 Å². The van der Waals surface area contributed by atoms with Crippen LogP contribution in [0.3, 0.4) is 0 Å². The Kier molecular flexibility index (Phi) is 3.24. The van der Waals surface area contributed by atoms with Gasteiger partial charge >= 0.3 is 5.97 Å². The van der Waals surface area contributed by atoms with Gasteiger partial charge in [0, 0.05) is 12.5 Å². The standard InChI is InChI=1S/C16H20N2O2/c1-3-18-14-7-5-4-6-13(14)17-15(18)11-8-10(2)9-12(11)16(19)20/h4-7,10-12H,3,8-9H2,1-2H3,(H,19,20). The molecule has 0 saturated heterocycles. The third kappa shape index (κ3) is 1.99. The van der Waals surface area contributed by atoms with Gasteiger partial charge in [-0.2, -0.15) is 0 Å². The van der Waals surface area contributed by atoms with E-state index >= 15 is 0 Å². The molecule has 4 nitrogen and oxygen atoms in total. The van der Waals surface area contributed by atoms with Crippen LogP contribution < -0.4 is 0 Å². The van der Waals surface area contributed by atoms with Crippen molar-refractivity contribution in [2.45, 2.75) is 39.2 Å². The molecular weight excluding hydrogens is 252 g/mol. The summed E-state index contributed by atoms with van der Waals surface area (Å²) in [7, 11) is 0. The molecule has 1 aliphatic rings. The number of aromatic nitrogens is 2. The molecule has 1 aromatic heterocycles. The van der Waals surface area contributed by atoms with Crippen LogP contribution in [0.25, 0.3) is 11.0 Å². The second-order valence-corrected chi connectivity index (χ2v) is 5.83. The molecule has 4 heteroatoms. The lowest BCUT2D eigenvalue weighted by atomic mass is 9.95. The molecular formula is C16H20N2O2. The second-order valence-electron chi connectivity index (χ2n) is 5.83. The fourth-order valence-corrected chi connectivity index (χ4v) is 3.56. The molecule has 1 aromatic carbocycles. The molecule has 0 bridgehead atoms. The van der Waals surface area contributed by atoms with Crippen LogP contribution in [-0.2, 0) is 11.3 Å². The number of hydrogen-bond donors (Lipinski definition) is 1. The number of benzene rings is 1. The number of para-hydroxylation sites is 2. The molecule has 106 valence electrons. The molecule has 1 heterocycles. The maximum Gasteiger partial charge on any atom is 0.307 e. The molecule has 3 rings (SSSR count). The van der Waals surface area contributed by atoms with Gasteiger partial charge in [-0.25, -0.2) is 4.98 Å². The van der Waals surface area contributed by atoms with E-state index in [1.807, 2.05) is 18.2 Å². The predicted molar refractivity (Wildman–Crippen MR) is 77.7 cm³/mol. The lowest BCUT2D eigenvalue weighted by molar-refractivity contribution is -0.142. The summed E-state index contributed by atoms with van der Waals surface area (Å²) in [6.45, 7) is 5.05. The van der Waals surface area contributed by atoms with Crippen LogP contribution in [0, 0.1) is 11.8 Å². The van der Waals surface area contributed by atoms with Crippen molar-refractivity contribution in [1.29, 1.82) is 0 Å². The number of fused-ring (bicyclic) bond motifs is 1. The number of carboxylic acid groups (broad SMARTS) is 1. The smallest absolute Gasteiger partial charge is 0.307 e. The van der Waals surface area contributed by atoms with Crippen molar-refractivity contribution in [3.05, 3.63) is 30.1 Å². The van der Waals surface area contributed by atoms with E-state index in [2.05, 4.69) is 24.5 Å². The minimum absolute atomic E-state index is 0.0369. The summed E-state index contributed by atoms with van der Waals surface area (Å²) in [6.07, 6.45) is 1.67. The van der Waals surface area contributed by atoms with Gasteiger partial charge in [0.1, 0.15) is 5.82 Å². The van der Waals surface area contributed by atoms with E-state index in [0.717, 1.165) is 36.2 Å². The fourth-order valence-electron chi connectivity index (χ4n) is 3.56. The number of carboxylic acids is 1. The van der Waals surface area contributed by atoms with Gasteiger partial charge in [0.25, 0.3) is 0 Å². The third-order valence-electron chi connectivity index (χ3n) is 4.45. The van der Waals surface area contributed by atoms with E-state index < -0.39 is 5.97 Å². The Bertz CT molecular complexity index is 647. The second kappa shape index (κ2) is 4.93. The first-order chi connectivity index (χ1) is 9.61. The van der Waals surface area contributed by atoms with Gasteiger partial charge < -0.3 is 9.67 Å². The number of aryl methyl sites for hydroxylation is 1. The zero-order chi connectivity index (χ0) is 14.3. The third-order valence-corrected chi connectivity index (χ3v) is 4.45. The molecule has 1 saturated carbocycles. The normalized spacial score (nSPS) is 26.2. The van der Waals surface area contributed by atoms with Crippen LogP contribution in [0.4, 0.5) is 0 Å². The minimum Gasteiger partial charge on any atom is -0.481 e. The molecule has 3 atom stereocenters. The first-order valence-corrected chi connectivity index (χ1v) is 7.29. The fraction of sp³-hybridized carbons (Fsp3) is 0.500. The Morgan fingerprint density at radius 2 is 2.15 bits per heavy atom. The SMILES string of the molecule is CCn1c(C2CC(C)CC2C(=O)O)nc2ccccc21. The Morgan fingerprint density at radius 1 is 1.40 bits per heavy atom. The first-order valence-electron chi connectivity index (χ1n) is 7.29. The number of hydrogen-bond acceptors (Lipinski definition) is 2. The number of rotatable bonds is 3. The van der Waals surface area contributed by atoms with Gasteiger partial charge in [0.2, 0.25) is 0 Å². The molecule has 3 unspecified atom stereocenters. The molecule has 0 amide bonds. The van der Waals surface area contributed by atoms with E-state index in [1.165, 1.54) is 0 Å². The van der Waals surface area contributed by atoms with Gasteiger partial charge in [-0.15, -0.1) is 0 Å². The zero-order valence-corrected chi connectivity index (χ0v) is 11.9. The number of nitrogens with zero attached hydrogens (tertiary/aromatic N) is 2. The average molecular weight is 272 g/mol. The van der Waals surface area contributed by atoms with E-state index in [4.69, 9.17) is 4.98 Å². The molecule has 20 heavy (non-hydrogen) atoms. The van der Waals surface area contributed by atoms with Crippen molar-refractivity contribution >= 4 is 17.0 Å². The summed E-state index contributed by atoms with van der Waals surface area (Å²) >= 11 is 0. The first kappa shape index (κ1) is 13.2. The van der Waals surface area contributed by atoms with Gasteiger partial charge in [-0.3, -0.25) is 4.79 Å². The topological polar surface area (TPSA) is 55.1 Å². The van der Waals surface area contributed by atoms with E-state index in [9.17, 15) is 9.90 Å². The van der Waals surface area contributed by atoms with Crippen LogP contribution in [0.2, 0.25) is 0 Å². The lowest BCUT2D eigenvalue weighted by Crippen LogP contribution is -2.20. The quantitative estimate of drug-likeness (QED) is 0.933. The van der Waals surface area contributed by atoms with Gasteiger partial charge in [-0.1, -0.05) is 19.1 Å². The van der Waals surface area contributed by atoms with Gasteiger partial charge in [0.15, 0.2) is 0 Å². The summed E-state index contributed by atoms with van der Waals surface area (Å²) < 4.78 is 2.17. The highest BCUT2D eigenvalue weighted by atomic mass is 16.4. The van der Waals surface area contributed by atoms with Crippen molar-refractivity contribution in [3.63, 3.8) is 0 Å². The molecule has 2 aromatic rings. The summed E-state index contributed by atoms with van der Waals surface area (Å²) in [4.78, 5) is 16.2. The van der Waals surface area contributed by atoms with E-state index in [1.54, 1.807) is 0 Å². The van der Waals surface area contributed by atoms with Crippen LogP contribution in [0.15, 0.2) is 24.3 Å². The molecule has 0 spiro atoms. The monoisotopic (exact) mass is 272 g/mol. The highest BCUT2D eigenvalue weighted by molar-refractivity contribution is 5.77.